The quantitative estimate of drug-likeness (QED) is 0.171. The first-order chi connectivity index (χ1) is 14.5. The van der Waals surface area contributed by atoms with Crippen LogP contribution in [0.3, 0.4) is 0 Å². The molecule has 0 aliphatic rings. The van der Waals surface area contributed by atoms with Gasteiger partial charge in [-0.2, -0.15) is 0 Å². The summed E-state index contributed by atoms with van der Waals surface area (Å²) in [6, 6.07) is 16.3. The van der Waals surface area contributed by atoms with Crippen LogP contribution >= 0.6 is 0 Å². The van der Waals surface area contributed by atoms with Gasteiger partial charge < -0.3 is 11.7 Å². The topological polar surface area (TPSA) is 133 Å². The molecule has 0 heterocycles. The van der Waals surface area contributed by atoms with E-state index in [-0.39, 0.29) is 10.2 Å². The zero-order valence-electron chi connectivity index (χ0n) is 18.2. The average molecular weight is 415 g/mol. The predicted molar refractivity (Wildman–Crippen MR) is 122 cm³/mol. The van der Waals surface area contributed by atoms with Crippen LogP contribution in [0.1, 0.15) is 75.3 Å². The van der Waals surface area contributed by atoms with Crippen molar-refractivity contribution in [1.29, 1.82) is 0 Å². The first-order valence-electron chi connectivity index (χ1n) is 10.8. The van der Waals surface area contributed by atoms with Crippen molar-refractivity contribution in [2.24, 2.45) is 11.7 Å². The zero-order chi connectivity index (χ0) is 21.9. The predicted octanol–water partition coefficient (Wildman–Crippen LogP) is 2.66. The van der Waals surface area contributed by atoms with Gasteiger partial charge >= 0.3 is 0 Å². The largest absolute Gasteiger partial charge is 0.442 e. The van der Waals surface area contributed by atoms with Crippen molar-refractivity contribution in [3.63, 3.8) is 0 Å². The second-order valence-electron chi connectivity index (χ2n) is 7.93. The highest BCUT2D eigenvalue weighted by Gasteiger charge is 2.11. The second-order valence-corrected chi connectivity index (χ2v) is 7.93. The monoisotopic (exact) mass is 414 g/mol. The van der Waals surface area contributed by atoms with E-state index in [1.807, 2.05) is 24.3 Å². The maximum absolute atomic E-state index is 7.74. The number of benzene rings is 2. The molecule has 0 bridgehead atoms. The molecule has 166 valence electrons. The molecular formula is C22H38N8. The standard InChI is InChI=1S/C22H38N8/c1-3-18(20-11-15-22(16-12-20)30(26)28-24)8-6-4-5-7-17(2)19-9-13-21(14-10-19)29(25)27-23/h9-18,25-30H,3-8,23-24H2,1-2H3. The van der Waals surface area contributed by atoms with E-state index in [2.05, 4.69) is 49.2 Å². The maximum atomic E-state index is 7.74. The van der Waals surface area contributed by atoms with Gasteiger partial charge in [0, 0.05) is 24.3 Å². The number of rotatable bonds is 13. The van der Waals surface area contributed by atoms with Crippen molar-refractivity contribution in [3.05, 3.63) is 71.3 Å². The smallest absolute Gasteiger partial charge is 0.141 e. The van der Waals surface area contributed by atoms with Crippen molar-refractivity contribution in [3.8, 4) is 0 Å². The molecule has 0 aromatic heterocycles. The molecule has 10 N–H and O–H groups in total. The third-order valence-electron chi connectivity index (χ3n) is 5.91. The molecule has 4 unspecified atom stereocenters. The van der Waals surface area contributed by atoms with Crippen LogP contribution in [-0.2, 0) is 0 Å². The van der Waals surface area contributed by atoms with Gasteiger partial charge in [0.05, 0.1) is 0 Å². The van der Waals surface area contributed by atoms with Crippen molar-refractivity contribution >= 4 is 11.4 Å². The molecule has 2 aromatic rings. The Hall–Kier alpha value is -1.88. The molecule has 0 radical (unpaired) electrons. The lowest BCUT2D eigenvalue weighted by Gasteiger charge is -2.20. The van der Waals surface area contributed by atoms with E-state index in [0.717, 1.165) is 17.8 Å². The number of unbranched alkanes of at least 4 members (excludes halogenated alkanes) is 2. The minimum atomic E-state index is 0.239. The summed E-state index contributed by atoms with van der Waals surface area (Å²) in [5.74, 6) is 27.1. The van der Waals surface area contributed by atoms with E-state index in [1.54, 1.807) is 0 Å². The van der Waals surface area contributed by atoms with Gasteiger partial charge in [0.1, 0.15) is 11.4 Å². The molecule has 30 heavy (non-hydrogen) atoms. The summed E-state index contributed by atoms with van der Waals surface area (Å²) in [4.78, 5) is 0. The molecule has 0 aliphatic carbocycles. The molecular weight excluding hydrogens is 376 g/mol. The minimum absolute atomic E-state index is 0.239. The zero-order valence-corrected chi connectivity index (χ0v) is 18.2. The van der Waals surface area contributed by atoms with Gasteiger partial charge in [-0.05, 0) is 42.2 Å². The number of nitrogens with one attached hydrogen (secondary N) is 6. The fraction of sp³-hybridized carbons (Fsp3) is 0.455. The normalized spacial score (nSPS) is 15.5. The minimum Gasteiger partial charge on any atom is -0.442 e. The Morgan fingerprint density at radius 3 is 1.70 bits per heavy atom. The third kappa shape index (κ3) is 7.12. The molecule has 4 atom stereocenters. The van der Waals surface area contributed by atoms with Crippen LogP contribution in [0.5, 0.6) is 0 Å². The number of hydrazine groups is 2. The fourth-order valence-corrected chi connectivity index (χ4v) is 3.86. The van der Waals surface area contributed by atoms with Crippen LogP contribution in [0.25, 0.3) is 11.7 Å². The average Bonchev–Trinajstić information content (AvgIpc) is 2.80. The van der Waals surface area contributed by atoms with Crippen molar-refractivity contribution in [2.45, 2.75) is 64.2 Å². The Morgan fingerprint density at radius 1 is 0.767 bits per heavy atom. The first-order valence-corrected chi connectivity index (χ1v) is 10.8. The van der Waals surface area contributed by atoms with Gasteiger partial charge in [-0.15, -0.1) is 11.1 Å². The Kier molecular flexibility index (Phi) is 10.4. The molecule has 0 amide bonds. The van der Waals surface area contributed by atoms with Crippen LogP contribution in [0.2, 0.25) is 0 Å². The van der Waals surface area contributed by atoms with Gasteiger partial charge in [0.25, 0.3) is 0 Å². The molecule has 0 saturated carbocycles. The van der Waals surface area contributed by atoms with E-state index >= 15 is 0 Å². The summed E-state index contributed by atoms with van der Waals surface area (Å²) in [5.41, 5.74) is 9.05. The van der Waals surface area contributed by atoms with E-state index in [1.165, 1.54) is 43.2 Å². The van der Waals surface area contributed by atoms with E-state index in [4.69, 9.17) is 23.4 Å². The molecule has 0 spiro atoms. The SMILES string of the molecule is CCC(CCCCCC(C)c1ccc([NH+]([NH-])NN)cc1)c1ccc([NH+]([NH-])NN)cc1. The van der Waals surface area contributed by atoms with Crippen molar-refractivity contribution in [2.75, 3.05) is 0 Å². The molecule has 2 aromatic carbocycles. The highest BCUT2D eigenvalue weighted by molar-refractivity contribution is 5.34. The lowest BCUT2D eigenvalue weighted by molar-refractivity contribution is -0.830. The molecule has 8 nitrogen and oxygen atoms in total. The van der Waals surface area contributed by atoms with Gasteiger partial charge in [-0.25, -0.2) is 11.7 Å². The van der Waals surface area contributed by atoms with Crippen LogP contribution in [-0.4, -0.2) is 0 Å². The summed E-state index contributed by atoms with van der Waals surface area (Å²) in [6.07, 6.45) is 7.18. The summed E-state index contributed by atoms with van der Waals surface area (Å²) in [6.45, 7) is 4.51. The molecule has 0 fully saturated rings. The van der Waals surface area contributed by atoms with Gasteiger partial charge in [-0.3, -0.25) is 10.2 Å². The lowest BCUT2D eigenvalue weighted by atomic mass is 9.89. The molecule has 8 heteroatoms. The lowest BCUT2D eigenvalue weighted by Crippen LogP contribution is -3.09. The maximum Gasteiger partial charge on any atom is 0.141 e. The summed E-state index contributed by atoms with van der Waals surface area (Å²) < 4.78 is 0. The Labute approximate surface area is 180 Å². The van der Waals surface area contributed by atoms with E-state index in [0.29, 0.717) is 11.8 Å². The van der Waals surface area contributed by atoms with Gasteiger partial charge in [-0.1, -0.05) is 57.4 Å². The van der Waals surface area contributed by atoms with Crippen LogP contribution < -0.4 is 33.0 Å². The van der Waals surface area contributed by atoms with Crippen LogP contribution in [0, 0.1) is 0 Å². The third-order valence-corrected chi connectivity index (χ3v) is 5.91. The van der Waals surface area contributed by atoms with E-state index in [9.17, 15) is 0 Å². The molecule has 0 aliphatic heterocycles. The van der Waals surface area contributed by atoms with Crippen molar-refractivity contribution in [1.82, 2.24) is 11.1 Å². The highest BCUT2D eigenvalue weighted by Crippen LogP contribution is 2.28. The highest BCUT2D eigenvalue weighted by atomic mass is 15.8. The number of quaternary nitrogens is 2. The Bertz CT molecular complexity index is 719. The Balaban J connectivity index is 1.74. The van der Waals surface area contributed by atoms with Gasteiger partial charge in [0.15, 0.2) is 0 Å². The summed E-state index contributed by atoms with van der Waals surface area (Å²) in [7, 11) is 0. The Morgan fingerprint density at radius 2 is 1.23 bits per heavy atom. The number of nitrogens with two attached hydrogens (primary N) is 2. The first kappa shape index (κ1) is 24.4. The fourth-order valence-electron chi connectivity index (χ4n) is 3.86. The van der Waals surface area contributed by atoms with Crippen LogP contribution in [0.4, 0.5) is 11.4 Å². The molecule has 2 rings (SSSR count). The number of hydrogen-bond donors (Lipinski definition) is 6. The van der Waals surface area contributed by atoms with E-state index < -0.39 is 0 Å². The summed E-state index contributed by atoms with van der Waals surface area (Å²) in [5, 5.41) is 0.483. The van der Waals surface area contributed by atoms with Gasteiger partial charge in [0.2, 0.25) is 0 Å². The molecule has 0 saturated heterocycles. The second kappa shape index (κ2) is 12.7. The number of hydrogen-bond acceptors (Lipinski definition) is 4. The van der Waals surface area contributed by atoms with Crippen LogP contribution in [0.15, 0.2) is 48.5 Å². The van der Waals surface area contributed by atoms with Crippen molar-refractivity contribution < 1.29 is 10.2 Å². The summed E-state index contributed by atoms with van der Waals surface area (Å²) >= 11 is 0.